The number of hydrogen-bond donors (Lipinski definition) is 3. The molecule has 0 fully saturated rings. The van der Waals surface area contributed by atoms with Gasteiger partial charge in [-0.3, -0.25) is 4.72 Å². The van der Waals surface area contributed by atoms with Gasteiger partial charge < -0.3 is 10.1 Å². The highest BCUT2D eigenvalue weighted by Gasteiger charge is 2.18. The van der Waals surface area contributed by atoms with E-state index in [1.807, 2.05) is 0 Å². The molecule has 2 aromatic rings. The first-order valence-corrected chi connectivity index (χ1v) is 7.08. The Bertz CT molecular complexity index is 710. The highest BCUT2D eigenvalue weighted by molar-refractivity contribution is 9.10. The van der Waals surface area contributed by atoms with Crippen LogP contribution >= 0.6 is 15.9 Å². The van der Waals surface area contributed by atoms with E-state index in [-0.39, 0.29) is 16.4 Å². The average molecular weight is 347 g/mol. The minimum absolute atomic E-state index is 0.0290. The van der Waals surface area contributed by atoms with Crippen LogP contribution in [0, 0.1) is 0 Å². The van der Waals surface area contributed by atoms with Gasteiger partial charge in [0.05, 0.1) is 12.4 Å². The van der Waals surface area contributed by atoms with Crippen molar-refractivity contribution >= 4 is 37.7 Å². The van der Waals surface area contributed by atoms with Crippen molar-refractivity contribution < 1.29 is 18.3 Å². The Morgan fingerprint density at radius 1 is 1.37 bits per heavy atom. The normalized spacial score (nSPS) is 11.2. The molecule has 0 aromatic carbocycles. The lowest BCUT2D eigenvalue weighted by molar-refractivity contribution is 0.0691. The van der Waals surface area contributed by atoms with E-state index in [1.54, 1.807) is 0 Å². The fourth-order valence-corrected chi connectivity index (χ4v) is 2.41. The summed E-state index contributed by atoms with van der Waals surface area (Å²) < 4.78 is 26.5. The Balaban J connectivity index is 2.26. The largest absolute Gasteiger partial charge is 0.477 e. The molecular formula is C9H7BrN4O4S. The van der Waals surface area contributed by atoms with Gasteiger partial charge in [-0.25, -0.2) is 23.2 Å². The number of rotatable bonds is 4. The zero-order valence-electron chi connectivity index (χ0n) is 9.16. The lowest BCUT2D eigenvalue weighted by atomic mass is 10.4. The number of sulfonamides is 1. The van der Waals surface area contributed by atoms with E-state index in [0.717, 1.165) is 12.3 Å². The third kappa shape index (κ3) is 3.09. The van der Waals surface area contributed by atoms with Crippen molar-refractivity contribution in [1.29, 1.82) is 0 Å². The molecule has 0 spiro atoms. The molecule has 0 bridgehead atoms. The van der Waals surface area contributed by atoms with E-state index >= 15 is 0 Å². The summed E-state index contributed by atoms with van der Waals surface area (Å²) in [4.78, 5) is 20.4. The second kappa shape index (κ2) is 4.97. The van der Waals surface area contributed by atoms with Gasteiger partial charge in [-0.2, -0.15) is 0 Å². The molecule has 2 rings (SSSR count). The molecule has 0 aliphatic heterocycles. The van der Waals surface area contributed by atoms with Gasteiger partial charge in [0.25, 0.3) is 10.0 Å². The average Bonchev–Trinajstić information content (AvgIpc) is 2.82. The molecule has 10 heteroatoms. The number of carboxylic acid groups (broad SMARTS) is 1. The van der Waals surface area contributed by atoms with Crippen LogP contribution in [0.3, 0.4) is 0 Å². The molecule has 0 amide bonds. The fraction of sp³-hybridized carbons (Fsp3) is 0. The third-order valence-electron chi connectivity index (χ3n) is 2.06. The quantitative estimate of drug-likeness (QED) is 0.760. The Hall–Kier alpha value is -1.94. The molecule has 0 unspecified atom stereocenters. The summed E-state index contributed by atoms with van der Waals surface area (Å²) in [5, 5.41) is 8.71. The SMILES string of the molecule is O=C(O)c1cc(S(=O)(=O)Nc2cnc(Br)cn2)c[nH]1. The maximum Gasteiger partial charge on any atom is 0.352 e. The summed E-state index contributed by atoms with van der Waals surface area (Å²) in [6.45, 7) is 0. The predicted octanol–water partition coefficient (Wildman–Crippen LogP) is 1.07. The standard InChI is InChI=1S/C9H7BrN4O4S/c10-7-3-13-8(4-12-7)14-19(17,18)5-1-6(9(15)16)11-2-5/h1-4,11H,(H,13,14)(H,15,16). The van der Waals surface area contributed by atoms with E-state index in [9.17, 15) is 13.2 Å². The Labute approximate surface area is 116 Å². The van der Waals surface area contributed by atoms with Gasteiger partial charge in [-0.05, 0) is 22.0 Å². The van der Waals surface area contributed by atoms with Crippen molar-refractivity contribution in [2.75, 3.05) is 4.72 Å². The first-order chi connectivity index (χ1) is 8.88. The van der Waals surface area contributed by atoms with Crippen molar-refractivity contribution in [3.8, 4) is 0 Å². The molecule has 0 atom stereocenters. The Morgan fingerprint density at radius 3 is 2.63 bits per heavy atom. The Kier molecular flexibility index (Phi) is 3.53. The van der Waals surface area contributed by atoms with Gasteiger partial charge in [-0.1, -0.05) is 0 Å². The minimum atomic E-state index is -3.90. The molecule has 0 aliphatic rings. The molecule has 8 nitrogen and oxygen atoms in total. The van der Waals surface area contributed by atoms with Crippen LogP contribution in [0.15, 0.2) is 34.2 Å². The van der Waals surface area contributed by atoms with Crippen LogP contribution in [-0.4, -0.2) is 34.4 Å². The molecule has 0 aliphatic carbocycles. The van der Waals surface area contributed by atoms with Gasteiger partial charge in [0.15, 0.2) is 5.82 Å². The maximum absolute atomic E-state index is 11.9. The van der Waals surface area contributed by atoms with Gasteiger partial charge in [0.2, 0.25) is 0 Å². The van der Waals surface area contributed by atoms with Crippen LogP contribution in [-0.2, 0) is 10.0 Å². The number of nitrogens with one attached hydrogen (secondary N) is 2. The number of anilines is 1. The number of halogens is 1. The van der Waals surface area contributed by atoms with Crippen LogP contribution in [0.1, 0.15) is 10.5 Å². The first-order valence-electron chi connectivity index (χ1n) is 4.80. The van der Waals surface area contributed by atoms with Gasteiger partial charge >= 0.3 is 5.97 Å². The van der Waals surface area contributed by atoms with E-state index < -0.39 is 16.0 Å². The smallest absolute Gasteiger partial charge is 0.352 e. The van der Waals surface area contributed by atoms with Gasteiger partial charge in [0.1, 0.15) is 15.2 Å². The lowest BCUT2D eigenvalue weighted by Crippen LogP contribution is -2.13. The number of hydrogen-bond acceptors (Lipinski definition) is 5. The number of carboxylic acids is 1. The molecule has 2 aromatic heterocycles. The molecule has 0 radical (unpaired) electrons. The highest BCUT2D eigenvalue weighted by atomic mass is 79.9. The zero-order chi connectivity index (χ0) is 14.0. The Morgan fingerprint density at radius 2 is 2.11 bits per heavy atom. The number of nitrogens with zero attached hydrogens (tertiary/aromatic N) is 2. The molecule has 100 valence electrons. The van der Waals surface area contributed by atoms with Crippen molar-refractivity contribution in [3.05, 3.63) is 35.0 Å². The summed E-state index contributed by atoms with van der Waals surface area (Å²) in [5.74, 6) is -1.22. The number of aromatic amines is 1. The molecule has 19 heavy (non-hydrogen) atoms. The topological polar surface area (TPSA) is 125 Å². The van der Waals surface area contributed by atoms with Crippen molar-refractivity contribution in [2.24, 2.45) is 0 Å². The van der Waals surface area contributed by atoms with Crippen molar-refractivity contribution in [3.63, 3.8) is 0 Å². The number of carbonyl (C=O) groups is 1. The van der Waals surface area contributed by atoms with Crippen LogP contribution in [0.4, 0.5) is 5.82 Å². The first kappa shape index (κ1) is 13.5. The molecule has 3 N–H and O–H groups in total. The lowest BCUT2D eigenvalue weighted by Gasteiger charge is -2.04. The van der Waals surface area contributed by atoms with Gasteiger partial charge in [0, 0.05) is 6.20 Å². The summed E-state index contributed by atoms with van der Waals surface area (Å²) in [6, 6.07) is 1.01. The van der Waals surface area contributed by atoms with Crippen molar-refractivity contribution in [1.82, 2.24) is 15.0 Å². The number of aromatic carboxylic acids is 1. The highest BCUT2D eigenvalue weighted by Crippen LogP contribution is 2.15. The summed E-state index contributed by atoms with van der Waals surface area (Å²) in [5.41, 5.74) is -0.220. The summed E-state index contributed by atoms with van der Waals surface area (Å²) >= 11 is 3.07. The fourth-order valence-electron chi connectivity index (χ4n) is 1.21. The predicted molar refractivity (Wildman–Crippen MR) is 68.3 cm³/mol. The molecule has 2 heterocycles. The second-order valence-corrected chi connectivity index (χ2v) is 5.88. The monoisotopic (exact) mass is 346 g/mol. The third-order valence-corrected chi connectivity index (χ3v) is 3.80. The van der Waals surface area contributed by atoms with E-state index in [4.69, 9.17) is 5.11 Å². The van der Waals surface area contributed by atoms with Crippen LogP contribution in [0.5, 0.6) is 0 Å². The van der Waals surface area contributed by atoms with Crippen LogP contribution < -0.4 is 4.72 Å². The number of H-pyrrole nitrogens is 1. The molecule has 0 saturated heterocycles. The molecular weight excluding hydrogens is 340 g/mol. The van der Waals surface area contributed by atoms with Gasteiger partial charge in [-0.15, -0.1) is 0 Å². The van der Waals surface area contributed by atoms with E-state index in [2.05, 4.69) is 35.6 Å². The molecule has 0 saturated carbocycles. The number of aromatic nitrogens is 3. The van der Waals surface area contributed by atoms with E-state index in [0.29, 0.717) is 4.60 Å². The zero-order valence-corrected chi connectivity index (χ0v) is 11.6. The van der Waals surface area contributed by atoms with Crippen LogP contribution in [0.25, 0.3) is 0 Å². The second-order valence-electron chi connectivity index (χ2n) is 3.38. The maximum atomic E-state index is 11.9. The summed E-state index contributed by atoms with van der Waals surface area (Å²) in [7, 11) is -3.90. The van der Waals surface area contributed by atoms with Crippen LogP contribution in [0.2, 0.25) is 0 Å². The minimum Gasteiger partial charge on any atom is -0.477 e. The van der Waals surface area contributed by atoms with E-state index in [1.165, 1.54) is 12.4 Å². The van der Waals surface area contributed by atoms with Crippen molar-refractivity contribution in [2.45, 2.75) is 4.90 Å². The summed E-state index contributed by atoms with van der Waals surface area (Å²) in [6.07, 6.45) is 3.64.